The van der Waals surface area contributed by atoms with E-state index in [-0.39, 0.29) is 0 Å². The smallest absolute Gasteiger partial charge is 0.0693 e. The molecular weight excluding hydrogens is 432 g/mol. The van der Waals surface area contributed by atoms with Gasteiger partial charge in [0, 0.05) is 21.9 Å². The Morgan fingerprint density at radius 1 is 0.500 bits per heavy atom. The lowest BCUT2D eigenvalue weighted by Gasteiger charge is -2.29. The molecule has 2 unspecified atom stereocenters. The summed E-state index contributed by atoms with van der Waals surface area (Å²) in [5.41, 5.74) is 18.5. The summed E-state index contributed by atoms with van der Waals surface area (Å²) in [6.07, 6.45) is 3.63. The molecule has 0 amide bonds. The van der Waals surface area contributed by atoms with Gasteiger partial charge in [-0.1, -0.05) is 6.42 Å². The summed E-state index contributed by atoms with van der Waals surface area (Å²) in [6, 6.07) is 0. The van der Waals surface area contributed by atoms with E-state index in [1.165, 1.54) is 97.7 Å². The molecule has 2 atom stereocenters. The zero-order valence-corrected chi connectivity index (χ0v) is 24.4. The lowest BCUT2D eigenvalue weighted by Crippen LogP contribution is -2.27. The standard InChI is InChI=1S/C31H44N2S/c1-16-18(3)22(7)30(23(8)19(16)4)32-26(11)28-14-13-15-29(34-28)27(12)33-31-24(9)20(5)17(2)21(6)25(31)10/h28-29H,13-15H2,1-12H3. The van der Waals surface area contributed by atoms with Crippen molar-refractivity contribution in [2.24, 2.45) is 9.98 Å². The molecule has 184 valence electrons. The third-order valence-electron chi connectivity index (χ3n) is 8.69. The van der Waals surface area contributed by atoms with E-state index in [1.807, 2.05) is 0 Å². The normalized spacial score (nSPS) is 19.6. The summed E-state index contributed by atoms with van der Waals surface area (Å²) in [6.45, 7) is 26.8. The molecule has 0 N–H and O–H groups in total. The van der Waals surface area contributed by atoms with E-state index in [2.05, 4.69) is 94.8 Å². The van der Waals surface area contributed by atoms with Crippen molar-refractivity contribution in [3.63, 3.8) is 0 Å². The average Bonchev–Trinajstić information content (AvgIpc) is 2.84. The molecule has 1 aliphatic heterocycles. The second-order valence-electron chi connectivity index (χ2n) is 10.5. The maximum Gasteiger partial charge on any atom is 0.0693 e. The highest BCUT2D eigenvalue weighted by Crippen LogP contribution is 2.38. The van der Waals surface area contributed by atoms with Crippen LogP contribution in [0.1, 0.15) is 88.7 Å². The first-order chi connectivity index (χ1) is 15.9. The number of hydrogen-bond donors (Lipinski definition) is 0. The van der Waals surface area contributed by atoms with Crippen molar-refractivity contribution in [1.82, 2.24) is 0 Å². The van der Waals surface area contributed by atoms with Crippen LogP contribution >= 0.6 is 11.8 Å². The molecule has 3 rings (SSSR count). The molecule has 0 bridgehead atoms. The SMILES string of the molecule is CC(=Nc1c(C)c(C)c(C)c(C)c1C)C1CCCC(C(C)=Nc2c(C)c(C)c(C)c(C)c2C)S1. The topological polar surface area (TPSA) is 24.7 Å². The minimum Gasteiger partial charge on any atom is -0.256 e. The Labute approximate surface area is 212 Å². The van der Waals surface area contributed by atoms with E-state index < -0.39 is 0 Å². The predicted molar refractivity (Wildman–Crippen MR) is 155 cm³/mol. The highest BCUT2D eigenvalue weighted by atomic mass is 32.2. The van der Waals surface area contributed by atoms with E-state index in [0.29, 0.717) is 10.5 Å². The van der Waals surface area contributed by atoms with Crippen molar-refractivity contribution >= 4 is 34.6 Å². The maximum atomic E-state index is 5.24. The molecular formula is C31H44N2S. The lowest BCUT2D eigenvalue weighted by atomic mass is 9.93. The summed E-state index contributed by atoms with van der Waals surface area (Å²) in [5, 5.41) is 0.904. The van der Waals surface area contributed by atoms with Crippen LogP contribution in [0.2, 0.25) is 0 Å². The molecule has 34 heavy (non-hydrogen) atoms. The fourth-order valence-electron chi connectivity index (χ4n) is 5.23. The first-order valence-corrected chi connectivity index (χ1v) is 13.7. The fraction of sp³-hybridized carbons (Fsp3) is 0.548. The Morgan fingerprint density at radius 2 is 0.765 bits per heavy atom. The van der Waals surface area contributed by atoms with Crippen LogP contribution in [0.4, 0.5) is 11.4 Å². The molecule has 1 saturated heterocycles. The summed E-state index contributed by atoms with van der Waals surface area (Å²) >= 11 is 2.07. The molecule has 2 aromatic rings. The number of thioether (sulfide) groups is 1. The van der Waals surface area contributed by atoms with E-state index in [0.717, 1.165) is 0 Å². The number of aliphatic imine (C=N–C) groups is 2. The third-order valence-corrected chi connectivity index (χ3v) is 10.5. The summed E-state index contributed by atoms with van der Waals surface area (Å²) in [4.78, 5) is 10.5. The second-order valence-corrected chi connectivity index (χ2v) is 11.9. The Bertz CT molecular complexity index is 1030. The predicted octanol–water partition coefficient (Wildman–Crippen LogP) is 9.31. The van der Waals surface area contributed by atoms with Crippen LogP contribution in [0.3, 0.4) is 0 Å². The van der Waals surface area contributed by atoms with Crippen molar-refractivity contribution in [2.75, 3.05) is 0 Å². The lowest BCUT2D eigenvalue weighted by molar-refractivity contribution is 0.702. The number of nitrogens with zero attached hydrogens (tertiary/aromatic N) is 2. The van der Waals surface area contributed by atoms with Gasteiger partial charge in [-0.3, -0.25) is 9.98 Å². The van der Waals surface area contributed by atoms with Gasteiger partial charge < -0.3 is 0 Å². The van der Waals surface area contributed by atoms with Gasteiger partial charge in [-0.05, 0) is 152 Å². The first-order valence-electron chi connectivity index (χ1n) is 12.8. The zero-order valence-electron chi connectivity index (χ0n) is 23.6. The summed E-state index contributed by atoms with van der Waals surface area (Å²) in [7, 11) is 0. The molecule has 0 aliphatic carbocycles. The van der Waals surface area contributed by atoms with Crippen molar-refractivity contribution in [2.45, 2.75) is 113 Å². The number of rotatable bonds is 4. The van der Waals surface area contributed by atoms with Gasteiger partial charge in [0.2, 0.25) is 0 Å². The highest BCUT2D eigenvalue weighted by molar-refractivity contribution is 8.02. The number of benzene rings is 2. The minimum atomic E-state index is 0.452. The summed E-state index contributed by atoms with van der Waals surface area (Å²) < 4.78 is 0. The molecule has 3 heteroatoms. The van der Waals surface area contributed by atoms with Crippen LogP contribution in [0.15, 0.2) is 9.98 Å². The highest BCUT2D eigenvalue weighted by Gasteiger charge is 2.27. The summed E-state index contributed by atoms with van der Waals surface area (Å²) in [5.74, 6) is 0. The minimum absolute atomic E-state index is 0.452. The van der Waals surface area contributed by atoms with Gasteiger partial charge in [-0.15, -0.1) is 11.8 Å². The van der Waals surface area contributed by atoms with Crippen LogP contribution in [-0.2, 0) is 0 Å². The van der Waals surface area contributed by atoms with Crippen molar-refractivity contribution < 1.29 is 0 Å². The van der Waals surface area contributed by atoms with Crippen LogP contribution in [0.5, 0.6) is 0 Å². The molecule has 2 aromatic carbocycles. The van der Waals surface area contributed by atoms with Crippen LogP contribution in [0.25, 0.3) is 0 Å². The van der Waals surface area contributed by atoms with Gasteiger partial charge in [0.25, 0.3) is 0 Å². The Hall–Kier alpha value is -1.87. The van der Waals surface area contributed by atoms with Gasteiger partial charge in [-0.2, -0.15) is 0 Å². The third kappa shape index (κ3) is 4.91. The van der Waals surface area contributed by atoms with Crippen LogP contribution in [0, 0.1) is 69.2 Å². The van der Waals surface area contributed by atoms with Gasteiger partial charge >= 0.3 is 0 Å². The van der Waals surface area contributed by atoms with E-state index in [9.17, 15) is 0 Å². The van der Waals surface area contributed by atoms with E-state index in [4.69, 9.17) is 9.98 Å². The second kappa shape index (κ2) is 10.4. The molecule has 1 heterocycles. The first kappa shape index (κ1) is 26.7. The molecule has 1 aliphatic rings. The maximum absolute atomic E-state index is 5.24. The molecule has 2 nitrogen and oxygen atoms in total. The van der Waals surface area contributed by atoms with Gasteiger partial charge in [0.05, 0.1) is 11.4 Å². The van der Waals surface area contributed by atoms with Crippen LogP contribution in [-0.4, -0.2) is 21.9 Å². The molecule has 0 saturated carbocycles. The van der Waals surface area contributed by atoms with Gasteiger partial charge in [0.1, 0.15) is 0 Å². The zero-order chi connectivity index (χ0) is 25.5. The van der Waals surface area contributed by atoms with Crippen molar-refractivity contribution in [3.05, 3.63) is 55.6 Å². The fourth-order valence-corrected chi connectivity index (χ4v) is 6.73. The van der Waals surface area contributed by atoms with Gasteiger partial charge in [0.15, 0.2) is 0 Å². The number of hydrogen-bond acceptors (Lipinski definition) is 3. The largest absolute Gasteiger partial charge is 0.256 e. The Kier molecular flexibility index (Phi) is 8.18. The molecule has 0 aromatic heterocycles. The van der Waals surface area contributed by atoms with Crippen molar-refractivity contribution in [1.29, 1.82) is 0 Å². The monoisotopic (exact) mass is 476 g/mol. The quantitative estimate of drug-likeness (QED) is 0.403. The van der Waals surface area contributed by atoms with Crippen molar-refractivity contribution in [3.8, 4) is 0 Å². The Balaban J connectivity index is 1.91. The average molecular weight is 477 g/mol. The molecule has 0 spiro atoms. The van der Waals surface area contributed by atoms with E-state index >= 15 is 0 Å². The van der Waals surface area contributed by atoms with Crippen LogP contribution < -0.4 is 0 Å². The van der Waals surface area contributed by atoms with Gasteiger partial charge in [-0.25, -0.2) is 0 Å². The Morgan fingerprint density at radius 3 is 1.06 bits per heavy atom. The van der Waals surface area contributed by atoms with E-state index in [1.54, 1.807) is 0 Å². The molecule has 0 radical (unpaired) electrons. The molecule has 1 fully saturated rings.